The quantitative estimate of drug-likeness (QED) is 0.658. The fourth-order valence-corrected chi connectivity index (χ4v) is 3.73. The summed E-state index contributed by atoms with van der Waals surface area (Å²) in [4.78, 5) is 0.237. The number of aromatic nitrogens is 1. The van der Waals surface area contributed by atoms with Crippen LogP contribution in [-0.2, 0) is 16.3 Å². The lowest BCUT2D eigenvalue weighted by atomic mass is 10.1. The maximum Gasteiger partial charge on any atom is 0.175 e. The van der Waals surface area contributed by atoms with Crippen molar-refractivity contribution in [3.05, 3.63) is 71.7 Å². The highest BCUT2D eigenvalue weighted by atomic mass is 32.2. The summed E-state index contributed by atoms with van der Waals surface area (Å²) in [5.41, 5.74) is 9.63. The summed E-state index contributed by atoms with van der Waals surface area (Å²) in [6.45, 7) is 1.90. The number of sulfone groups is 1. The molecular formula is C20H21FN2O3S. The second-order valence-electron chi connectivity index (χ2n) is 6.52. The number of nitrogens with zero attached hydrogens (tertiary/aromatic N) is 1. The van der Waals surface area contributed by atoms with Crippen molar-refractivity contribution in [3.63, 3.8) is 0 Å². The van der Waals surface area contributed by atoms with E-state index in [4.69, 9.17) is 5.73 Å². The molecule has 0 aliphatic rings. The minimum absolute atomic E-state index is 0.237. The van der Waals surface area contributed by atoms with Crippen LogP contribution in [0.1, 0.15) is 11.3 Å². The molecule has 1 aromatic heterocycles. The average Bonchev–Trinajstić information content (AvgIpc) is 2.91. The van der Waals surface area contributed by atoms with Crippen LogP contribution in [0, 0.1) is 12.7 Å². The first kappa shape index (κ1) is 19.3. The number of aliphatic hydroxyl groups is 1. The zero-order chi connectivity index (χ0) is 19.8. The molecule has 27 heavy (non-hydrogen) atoms. The van der Waals surface area contributed by atoms with Crippen molar-refractivity contribution in [2.75, 3.05) is 6.26 Å². The second-order valence-corrected chi connectivity index (χ2v) is 8.54. The molecule has 0 bridgehead atoms. The highest BCUT2D eigenvalue weighted by Crippen LogP contribution is 2.30. The SMILES string of the molecule is Cc1c(CC(N)O)cc(-c2ccc(S(C)(=O)=O)cc2)n1-c1ccc(F)cc1. The number of benzene rings is 2. The fourth-order valence-electron chi connectivity index (χ4n) is 3.10. The fraction of sp³-hybridized carbons (Fsp3) is 0.200. The molecule has 142 valence electrons. The Morgan fingerprint density at radius 1 is 1.11 bits per heavy atom. The first-order chi connectivity index (χ1) is 12.7. The van der Waals surface area contributed by atoms with Crippen LogP contribution in [0.2, 0.25) is 0 Å². The predicted molar refractivity (Wildman–Crippen MR) is 103 cm³/mol. The van der Waals surface area contributed by atoms with Crippen molar-refractivity contribution in [1.29, 1.82) is 0 Å². The molecule has 3 rings (SSSR count). The summed E-state index contributed by atoms with van der Waals surface area (Å²) in [6, 6.07) is 14.6. The Bertz CT molecular complexity index is 1050. The lowest BCUT2D eigenvalue weighted by molar-refractivity contribution is 0.182. The third kappa shape index (κ3) is 4.10. The van der Waals surface area contributed by atoms with Crippen molar-refractivity contribution in [2.45, 2.75) is 24.5 Å². The number of hydrogen-bond donors (Lipinski definition) is 2. The van der Waals surface area contributed by atoms with Crippen molar-refractivity contribution in [3.8, 4) is 16.9 Å². The lowest BCUT2D eigenvalue weighted by Crippen LogP contribution is -2.21. The minimum Gasteiger partial charge on any atom is -0.378 e. The van der Waals surface area contributed by atoms with Crippen molar-refractivity contribution in [1.82, 2.24) is 4.57 Å². The summed E-state index contributed by atoms with van der Waals surface area (Å²) in [7, 11) is -3.29. The molecule has 0 aliphatic carbocycles. The lowest BCUT2D eigenvalue weighted by Gasteiger charge is -2.13. The van der Waals surface area contributed by atoms with E-state index < -0.39 is 16.1 Å². The van der Waals surface area contributed by atoms with Gasteiger partial charge in [-0.15, -0.1) is 0 Å². The zero-order valence-corrected chi connectivity index (χ0v) is 15.9. The van der Waals surface area contributed by atoms with Crippen LogP contribution in [-0.4, -0.2) is 30.6 Å². The third-order valence-corrected chi connectivity index (χ3v) is 5.57. The molecule has 0 radical (unpaired) electrons. The summed E-state index contributed by atoms with van der Waals surface area (Å²) < 4.78 is 38.7. The van der Waals surface area contributed by atoms with Gasteiger partial charge < -0.3 is 15.4 Å². The van der Waals surface area contributed by atoms with E-state index in [1.165, 1.54) is 12.1 Å². The highest BCUT2D eigenvalue weighted by molar-refractivity contribution is 7.90. The molecule has 0 spiro atoms. The van der Waals surface area contributed by atoms with Crippen molar-refractivity contribution < 1.29 is 17.9 Å². The van der Waals surface area contributed by atoms with Gasteiger partial charge in [0.2, 0.25) is 0 Å². The van der Waals surface area contributed by atoms with E-state index in [9.17, 15) is 17.9 Å². The van der Waals surface area contributed by atoms with E-state index in [2.05, 4.69) is 0 Å². The summed E-state index contributed by atoms with van der Waals surface area (Å²) in [5, 5.41) is 9.59. The molecule has 5 nitrogen and oxygen atoms in total. The number of aliphatic hydroxyl groups excluding tert-OH is 1. The van der Waals surface area contributed by atoms with Gasteiger partial charge in [-0.25, -0.2) is 12.8 Å². The van der Waals surface area contributed by atoms with Gasteiger partial charge in [-0.05, 0) is 60.5 Å². The van der Waals surface area contributed by atoms with Gasteiger partial charge in [0, 0.05) is 24.1 Å². The van der Waals surface area contributed by atoms with E-state index in [0.29, 0.717) is 0 Å². The molecule has 0 fully saturated rings. The molecule has 1 unspecified atom stereocenters. The molecule has 1 heterocycles. The van der Waals surface area contributed by atoms with E-state index >= 15 is 0 Å². The number of hydrogen-bond acceptors (Lipinski definition) is 4. The standard InChI is InChI=1S/C20H21FN2O3S/c1-13-15(12-20(22)24)11-19(23(13)17-7-5-16(21)6-8-17)14-3-9-18(10-4-14)27(2,25)26/h3-11,20,24H,12,22H2,1-2H3. The molecule has 3 N–H and O–H groups in total. The summed E-state index contributed by atoms with van der Waals surface area (Å²) in [6.07, 6.45) is 0.441. The first-order valence-corrected chi connectivity index (χ1v) is 10.3. The molecule has 0 saturated carbocycles. The van der Waals surface area contributed by atoms with E-state index in [-0.39, 0.29) is 17.1 Å². The van der Waals surface area contributed by atoms with Crippen molar-refractivity contribution in [2.24, 2.45) is 5.73 Å². The Labute approximate surface area is 157 Å². The Kier molecular flexibility index (Phi) is 5.19. The highest BCUT2D eigenvalue weighted by Gasteiger charge is 2.17. The maximum absolute atomic E-state index is 13.3. The largest absolute Gasteiger partial charge is 0.378 e. The molecule has 2 aromatic carbocycles. The van der Waals surface area contributed by atoms with Crippen LogP contribution in [0.25, 0.3) is 16.9 Å². The van der Waals surface area contributed by atoms with E-state index in [1.807, 2.05) is 17.6 Å². The third-order valence-electron chi connectivity index (χ3n) is 4.44. The molecule has 0 aliphatic heterocycles. The molecule has 3 aromatic rings. The minimum atomic E-state index is -3.29. The van der Waals surface area contributed by atoms with Crippen LogP contribution >= 0.6 is 0 Å². The Morgan fingerprint density at radius 3 is 2.22 bits per heavy atom. The molecule has 7 heteroatoms. The van der Waals surface area contributed by atoms with Crippen LogP contribution in [0.15, 0.2) is 59.5 Å². The first-order valence-electron chi connectivity index (χ1n) is 8.38. The normalized spacial score (nSPS) is 12.9. The van der Waals surface area contributed by atoms with Crippen LogP contribution < -0.4 is 5.73 Å². The number of nitrogens with two attached hydrogens (primary N) is 1. The van der Waals surface area contributed by atoms with Gasteiger partial charge in [-0.3, -0.25) is 0 Å². The van der Waals surface area contributed by atoms with Gasteiger partial charge in [-0.1, -0.05) is 12.1 Å². The van der Waals surface area contributed by atoms with Gasteiger partial charge in [0.25, 0.3) is 0 Å². The number of halogens is 1. The van der Waals surface area contributed by atoms with Crippen molar-refractivity contribution >= 4 is 9.84 Å². The van der Waals surface area contributed by atoms with Gasteiger partial charge in [-0.2, -0.15) is 0 Å². The summed E-state index contributed by atoms with van der Waals surface area (Å²) in [5.74, 6) is -0.333. The van der Waals surface area contributed by atoms with Crippen LogP contribution in [0.4, 0.5) is 4.39 Å². The smallest absolute Gasteiger partial charge is 0.175 e. The number of rotatable bonds is 5. The van der Waals surface area contributed by atoms with Crippen LogP contribution in [0.5, 0.6) is 0 Å². The topological polar surface area (TPSA) is 85.3 Å². The van der Waals surface area contributed by atoms with Gasteiger partial charge in [0.1, 0.15) is 12.0 Å². The predicted octanol–water partition coefficient (Wildman–Crippen LogP) is 2.81. The maximum atomic E-state index is 13.3. The summed E-state index contributed by atoms with van der Waals surface area (Å²) >= 11 is 0. The molecular weight excluding hydrogens is 367 g/mol. The average molecular weight is 388 g/mol. The Morgan fingerprint density at radius 2 is 1.70 bits per heavy atom. The molecule has 1 atom stereocenters. The van der Waals surface area contributed by atoms with Crippen LogP contribution in [0.3, 0.4) is 0 Å². The monoisotopic (exact) mass is 388 g/mol. The van der Waals surface area contributed by atoms with Gasteiger partial charge >= 0.3 is 0 Å². The zero-order valence-electron chi connectivity index (χ0n) is 15.1. The molecule has 0 saturated heterocycles. The second kappa shape index (κ2) is 7.26. The molecule has 0 amide bonds. The van der Waals surface area contributed by atoms with E-state index in [0.717, 1.165) is 34.5 Å². The van der Waals surface area contributed by atoms with Gasteiger partial charge in [0.05, 0.1) is 10.6 Å². The van der Waals surface area contributed by atoms with E-state index in [1.54, 1.807) is 36.4 Å². The van der Waals surface area contributed by atoms with Gasteiger partial charge in [0.15, 0.2) is 9.84 Å². The Hall–Kier alpha value is -2.48. The Balaban J connectivity index is 2.17.